The molecule has 1 nitrogen and oxygen atoms in total. The van der Waals surface area contributed by atoms with Gasteiger partial charge in [-0.15, -0.1) is 11.8 Å². The molecular weight excluding hydrogens is 118 g/mol. The van der Waals surface area contributed by atoms with Crippen LogP contribution in [0, 0.1) is 0 Å². The molecule has 0 bridgehead atoms. The molecule has 0 heterocycles. The minimum absolute atomic E-state index is 1.11. The molecule has 0 rings (SSSR count). The largest absolute Gasteiger partial charge is 0.394 e. The van der Waals surface area contributed by atoms with Crippen molar-refractivity contribution in [3.63, 3.8) is 0 Å². The summed E-state index contributed by atoms with van der Waals surface area (Å²) in [5.41, 5.74) is 0. The Morgan fingerprint density at radius 3 is 2.75 bits per heavy atom. The molecule has 0 aliphatic heterocycles. The molecule has 0 aromatic carbocycles. The van der Waals surface area contributed by atoms with Crippen molar-refractivity contribution in [1.82, 2.24) is 5.32 Å². The summed E-state index contributed by atoms with van der Waals surface area (Å²) >= 11 is 1.62. The minimum atomic E-state index is 1.11. The Morgan fingerprint density at radius 2 is 2.38 bits per heavy atom. The Kier molecular flexibility index (Phi) is 4.56. The first-order valence-corrected chi connectivity index (χ1v) is 3.30. The molecule has 0 aromatic rings. The van der Waals surface area contributed by atoms with Crippen LogP contribution in [0.25, 0.3) is 0 Å². The van der Waals surface area contributed by atoms with Gasteiger partial charge in [0.15, 0.2) is 0 Å². The first kappa shape index (κ1) is 7.63. The average Bonchev–Trinajstić information content (AvgIpc) is 1.66. The first-order chi connectivity index (χ1) is 3.77. The normalized spacial score (nSPS) is 9.75. The van der Waals surface area contributed by atoms with Crippen molar-refractivity contribution in [2.75, 3.05) is 7.05 Å². The zero-order chi connectivity index (χ0) is 6.41. The van der Waals surface area contributed by atoms with Crippen LogP contribution in [0.4, 0.5) is 0 Å². The lowest BCUT2D eigenvalue weighted by atomic mass is 10.8. The van der Waals surface area contributed by atoms with Crippen LogP contribution >= 0.6 is 11.8 Å². The number of thioether (sulfide) groups is 1. The quantitative estimate of drug-likeness (QED) is 0.625. The fraction of sp³-hybridized carbons (Fsp3) is 0.333. The number of allylic oxidation sites excluding steroid dienone is 1. The molecule has 0 fully saturated rings. The summed E-state index contributed by atoms with van der Waals surface area (Å²) in [7, 11) is 1.87. The smallest absolute Gasteiger partial charge is 0.00290 e. The van der Waals surface area contributed by atoms with Crippen molar-refractivity contribution in [3.05, 3.63) is 23.1 Å². The van der Waals surface area contributed by atoms with Gasteiger partial charge in [0.1, 0.15) is 0 Å². The SMILES string of the molecule is C=C(C)S/C=C\NC. The fourth-order valence-electron chi connectivity index (χ4n) is 0.218. The summed E-state index contributed by atoms with van der Waals surface area (Å²) in [6.07, 6.45) is 1.87. The van der Waals surface area contributed by atoms with Crippen molar-refractivity contribution in [2.24, 2.45) is 0 Å². The van der Waals surface area contributed by atoms with Crippen molar-refractivity contribution < 1.29 is 0 Å². The van der Waals surface area contributed by atoms with E-state index in [1.807, 2.05) is 25.6 Å². The Hall–Kier alpha value is -0.370. The van der Waals surface area contributed by atoms with Gasteiger partial charge in [-0.1, -0.05) is 6.58 Å². The molecule has 0 amide bonds. The highest BCUT2D eigenvalue weighted by atomic mass is 32.2. The van der Waals surface area contributed by atoms with Crippen LogP contribution in [0.2, 0.25) is 0 Å². The summed E-state index contributed by atoms with van der Waals surface area (Å²) in [6.45, 7) is 5.69. The standard InChI is InChI=1S/C6H11NS/c1-6(2)8-5-4-7-3/h4-5,7H,1H2,2-3H3/b5-4-. The third-order valence-electron chi connectivity index (χ3n) is 0.504. The molecule has 0 saturated heterocycles. The molecule has 0 atom stereocenters. The second kappa shape index (κ2) is 4.78. The van der Waals surface area contributed by atoms with Gasteiger partial charge in [-0.05, 0) is 17.2 Å². The van der Waals surface area contributed by atoms with Crippen LogP contribution < -0.4 is 5.32 Å². The van der Waals surface area contributed by atoms with E-state index >= 15 is 0 Å². The van der Waals surface area contributed by atoms with E-state index < -0.39 is 0 Å². The van der Waals surface area contributed by atoms with Crippen LogP contribution in [0.5, 0.6) is 0 Å². The molecule has 0 spiro atoms. The van der Waals surface area contributed by atoms with Crippen LogP contribution in [0.15, 0.2) is 23.1 Å². The molecule has 8 heavy (non-hydrogen) atoms. The van der Waals surface area contributed by atoms with E-state index in [1.54, 1.807) is 11.8 Å². The highest BCUT2D eigenvalue weighted by Gasteiger charge is 1.75. The van der Waals surface area contributed by atoms with E-state index in [0.29, 0.717) is 0 Å². The Balaban J connectivity index is 3.16. The number of hydrogen-bond acceptors (Lipinski definition) is 2. The second-order valence-electron chi connectivity index (χ2n) is 1.41. The highest BCUT2D eigenvalue weighted by molar-refractivity contribution is 8.05. The molecular formula is C6H11NS. The molecule has 0 saturated carbocycles. The summed E-state index contributed by atoms with van der Waals surface area (Å²) < 4.78 is 0. The molecule has 0 aliphatic carbocycles. The minimum Gasteiger partial charge on any atom is -0.394 e. The molecule has 2 heteroatoms. The van der Waals surface area contributed by atoms with Gasteiger partial charge in [-0.2, -0.15) is 0 Å². The maximum atomic E-state index is 3.71. The van der Waals surface area contributed by atoms with Gasteiger partial charge in [-0.3, -0.25) is 0 Å². The topological polar surface area (TPSA) is 12.0 Å². The van der Waals surface area contributed by atoms with Crippen molar-refractivity contribution in [3.8, 4) is 0 Å². The highest BCUT2D eigenvalue weighted by Crippen LogP contribution is 2.11. The lowest BCUT2D eigenvalue weighted by molar-refractivity contribution is 1.11. The van der Waals surface area contributed by atoms with Gasteiger partial charge >= 0.3 is 0 Å². The van der Waals surface area contributed by atoms with Gasteiger partial charge in [0.25, 0.3) is 0 Å². The van der Waals surface area contributed by atoms with E-state index in [0.717, 1.165) is 4.91 Å². The second-order valence-corrected chi connectivity index (χ2v) is 2.62. The van der Waals surface area contributed by atoms with Gasteiger partial charge in [0, 0.05) is 13.2 Å². The third kappa shape index (κ3) is 5.63. The van der Waals surface area contributed by atoms with E-state index in [9.17, 15) is 0 Å². The molecule has 0 aliphatic rings. The average molecular weight is 129 g/mol. The Morgan fingerprint density at radius 1 is 1.75 bits per heavy atom. The molecule has 0 aromatic heterocycles. The van der Waals surface area contributed by atoms with Crippen LogP contribution in [0.1, 0.15) is 6.92 Å². The number of rotatable bonds is 3. The van der Waals surface area contributed by atoms with E-state index in [2.05, 4.69) is 11.9 Å². The van der Waals surface area contributed by atoms with Gasteiger partial charge < -0.3 is 5.32 Å². The lowest BCUT2D eigenvalue weighted by Gasteiger charge is -1.87. The van der Waals surface area contributed by atoms with Crippen molar-refractivity contribution in [1.29, 1.82) is 0 Å². The Bertz CT molecular complexity index is 96.7. The van der Waals surface area contributed by atoms with Gasteiger partial charge in [0.2, 0.25) is 0 Å². The van der Waals surface area contributed by atoms with Crippen LogP contribution in [-0.2, 0) is 0 Å². The molecule has 46 valence electrons. The van der Waals surface area contributed by atoms with Crippen LogP contribution in [-0.4, -0.2) is 7.05 Å². The predicted molar refractivity (Wildman–Crippen MR) is 40.6 cm³/mol. The lowest BCUT2D eigenvalue weighted by Crippen LogP contribution is -1.89. The third-order valence-corrected chi connectivity index (χ3v) is 1.18. The van der Waals surface area contributed by atoms with E-state index in [-0.39, 0.29) is 0 Å². The van der Waals surface area contributed by atoms with Crippen LogP contribution in [0.3, 0.4) is 0 Å². The predicted octanol–water partition coefficient (Wildman–Crippen LogP) is 1.94. The molecule has 1 N–H and O–H groups in total. The summed E-state index contributed by atoms with van der Waals surface area (Å²) in [5, 5.41) is 4.84. The zero-order valence-corrected chi connectivity index (χ0v) is 6.09. The van der Waals surface area contributed by atoms with Crippen molar-refractivity contribution >= 4 is 11.8 Å². The first-order valence-electron chi connectivity index (χ1n) is 2.42. The maximum absolute atomic E-state index is 3.71. The van der Waals surface area contributed by atoms with Crippen molar-refractivity contribution in [2.45, 2.75) is 6.92 Å². The summed E-state index contributed by atoms with van der Waals surface area (Å²) in [4.78, 5) is 1.11. The maximum Gasteiger partial charge on any atom is 0.00290 e. The Labute approximate surface area is 54.9 Å². The summed E-state index contributed by atoms with van der Waals surface area (Å²) in [5.74, 6) is 0. The number of nitrogens with one attached hydrogen (secondary N) is 1. The van der Waals surface area contributed by atoms with E-state index in [1.165, 1.54) is 0 Å². The summed E-state index contributed by atoms with van der Waals surface area (Å²) in [6, 6.07) is 0. The fourth-order valence-corrected chi connectivity index (χ4v) is 0.655. The van der Waals surface area contributed by atoms with Gasteiger partial charge in [0.05, 0.1) is 0 Å². The number of hydrogen-bond donors (Lipinski definition) is 1. The molecule has 0 radical (unpaired) electrons. The van der Waals surface area contributed by atoms with Gasteiger partial charge in [-0.25, -0.2) is 0 Å². The van der Waals surface area contributed by atoms with E-state index in [4.69, 9.17) is 0 Å². The zero-order valence-electron chi connectivity index (χ0n) is 5.27. The molecule has 0 unspecified atom stereocenters. The monoisotopic (exact) mass is 129 g/mol.